The summed E-state index contributed by atoms with van der Waals surface area (Å²) in [7, 11) is 0. The molecule has 70 valence electrons. The lowest BCUT2D eigenvalue weighted by Gasteiger charge is -2.41. The van der Waals surface area contributed by atoms with Crippen molar-refractivity contribution in [1.82, 2.24) is 0 Å². The van der Waals surface area contributed by atoms with Crippen molar-refractivity contribution in [3.63, 3.8) is 0 Å². The Kier molecular flexibility index (Phi) is 2.37. The van der Waals surface area contributed by atoms with Crippen molar-refractivity contribution in [2.45, 2.75) is 50.7 Å². The van der Waals surface area contributed by atoms with Gasteiger partial charge in [-0.3, -0.25) is 0 Å². The van der Waals surface area contributed by atoms with Crippen molar-refractivity contribution in [3.05, 3.63) is 0 Å². The van der Waals surface area contributed by atoms with E-state index in [2.05, 4.69) is 0 Å². The van der Waals surface area contributed by atoms with Crippen molar-refractivity contribution in [1.29, 1.82) is 0 Å². The summed E-state index contributed by atoms with van der Waals surface area (Å²) in [6.45, 7) is 0. The first-order valence-corrected chi connectivity index (χ1v) is 5.15. The highest BCUT2D eigenvalue weighted by Gasteiger charge is 2.38. The maximum Gasteiger partial charge on any atom is 0.0573 e. The number of aliphatic hydroxyl groups excluding tert-OH is 2. The molecule has 12 heavy (non-hydrogen) atoms. The topological polar surface area (TPSA) is 40.5 Å². The van der Waals surface area contributed by atoms with Crippen LogP contribution in [0.3, 0.4) is 0 Å². The third-order valence-corrected chi connectivity index (χ3v) is 3.62. The molecule has 0 aromatic carbocycles. The molecular formula is C10H18O2. The summed E-state index contributed by atoms with van der Waals surface area (Å²) in [6, 6.07) is 0. The predicted octanol–water partition coefficient (Wildman–Crippen LogP) is 1.31. The van der Waals surface area contributed by atoms with E-state index in [1.54, 1.807) is 0 Å². The molecule has 0 aromatic heterocycles. The van der Waals surface area contributed by atoms with E-state index in [0.717, 1.165) is 25.7 Å². The summed E-state index contributed by atoms with van der Waals surface area (Å²) in [5.74, 6) is 0.810. The van der Waals surface area contributed by atoms with Crippen molar-refractivity contribution in [3.8, 4) is 0 Å². The van der Waals surface area contributed by atoms with E-state index in [1.165, 1.54) is 12.8 Å². The molecule has 0 bridgehead atoms. The van der Waals surface area contributed by atoms with Crippen LogP contribution in [-0.4, -0.2) is 22.4 Å². The third kappa shape index (κ3) is 1.38. The van der Waals surface area contributed by atoms with Gasteiger partial charge in [-0.1, -0.05) is 12.8 Å². The van der Waals surface area contributed by atoms with Crippen LogP contribution in [0.1, 0.15) is 38.5 Å². The van der Waals surface area contributed by atoms with Crippen LogP contribution >= 0.6 is 0 Å². The summed E-state index contributed by atoms with van der Waals surface area (Å²) >= 11 is 0. The van der Waals surface area contributed by atoms with Gasteiger partial charge in [0, 0.05) is 0 Å². The Balaban J connectivity index is 2.05. The second kappa shape index (κ2) is 3.35. The Bertz CT molecular complexity index is 140. The molecule has 0 heterocycles. The van der Waals surface area contributed by atoms with Gasteiger partial charge in [0.2, 0.25) is 0 Å². The van der Waals surface area contributed by atoms with Gasteiger partial charge in [0.05, 0.1) is 12.2 Å². The second-order valence-corrected chi connectivity index (χ2v) is 4.32. The lowest BCUT2D eigenvalue weighted by molar-refractivity contribution is -0.0608. The minimum Gasteiger partial charge on any atom is -0.393 e. The Labute approximate surface area is 73.6 Å². The number of hydrogen-bond acceptors (Lipinski definition) is 2. The SMILES string of the molecule is O[C@H]1CC[C@H](O)C2CCCCC21. The molecule has 2 fully saturated rings. The average Bonchev–Trinajstić information content (AvgIpc) is 2.12. The molecular weight excluding hydrogens is 152 g/mol. The third-order valence-electron chi connectivity index (χ3n) is 3.62. The zero-order valence-corrected chi connectivity index (χ0v) is 7.45. The summed E-state index contributed by atoms with van der Waals surface area (Å²) in [6.07, 6.45) is 6.10. The molecule has 2 aliphatic rings. The molecule has 2 rings (SSSR count). The van der Waals surface area contributed by atoms with Crippen LogP contribution in [0.5, 0.6) is 0 Å². The molecule has 2 heteroatoms. The number of rotatable bonds is 0. The molecule has 2 nitrogen and oxygen atoms in total. The van der Waals surface area contributed by atoms with Crippen molar-refractivity contribution < 1.29 is 10.2 Å². The molecule has 2 N–H and O–H groups in total. The van der Waals surface area contributed by atoms with Gasteiger partial charge in [0.25, 0.3) is 0 Å². The van der Waals surface area contributed by atoms with Gasteiger partial charge in [-0.15, -0.1) is 0 Å². The normalized spacial score (nSPS) is 48.5. The van der Waals surface area contributed by atoms with Gasteiger partial charge >= 0.3 is 0 Å². The average molecular weight is 170 g/mol. The lowest BCUT2D eigenvalue weighted by Crippen LogP contribution is -2.42. The quantitative estimate of drug-likeness (QED) is 0.575. The number of aliphatic hydroxyl groups is 2. The van der Waals surface area contributed by atoms with Crippen molar-refractivity contribution >= 4 is 0 Å². The first-order chi connectivity index (χ1) is 5.79. The Morgan fingerprint density at radius 2 is 1.08 bits per heavy atom. The van der Waals surface area contributed by atoms with E-state index in [4.69, 9.17) is 0 Å². The van der Waals surface area contributed by atoms with Gasteiger partial charge in [0.15, 0.2) is 0 Å². The molecule has 2 unspecified atom stereocenters. The van der Waals surface area contributed by atoms with Crippen LogP contribution in [0, 0.1) is 11.8 Å². The first-order valence-electron chi connectivity index (χ1n) is 5.15. The molecule has 0 saturated heterocycles. The fourth-order valence-electron chi connectivity index (χ4n) is 2.91. The van der Waals surface area contributed by atoms with Crippen LogP contribution in [0.2, 0.25) is 0 Å². The van der Waals surface area contributed by atoms with E-state index in [-0.39, 0.29) is 12.2 Å². The van der Waals surface area contributed by atoms with Crippen LogP contribution in [0.15, 0.2) is 0 Å². The summed E-state index contributed by atoms with van der Waals surface area (Å²) < 4.78 is 0. The number of fused-ring (bicyclic) bond motifs is 1. The highest BCUT2D eigenvalue weighted by atomic mass is 16.3. The molecule has 0 spiro atoms. The predicted molar refractivity (Wildman–Crippen MR) is 46.7 cm³/mol. The molecule has 0 aliphatic heterocycles. The Morgan fingerprint density at radius 3 is 1.50 bits per heavy atom. The summed E-state index contributed by atoms with van der Waals surface area (Å²) in [5.41, 5.74) is 0. The standard InChI is InChI=1S/C10H18O2/c11-9-5-6-10(12)8-4-2-1-3-7(8)9/h7-12H,1-6H2/t7?,8?,9-,10-/m0/s1. The van der Waals surface area contributed by atoms with Crippen LogP contribution < -0.4 is 0 Å². The van der Waals surface area contributed by atoms with E-state index >= 15 is 0 Å². The fraction of sp³-hybridized carbons (Fsp3) is 1.00. The monoisotopic (exact) mass is 170 g/mol. The zero-order valence-electron chi connectivity index (χ0n) is 7.45. The maximum atomic E-state index is 9.71. The molecule has 4 atom stereocenters. The van der Waals surface area contributed by atoms with Crippen LogP contribution in [0.25, 0.3) is 0 Å². The maximum absolute atomic E-state index is 9.71. The van der Waals surface area contributed by atoms with E-state index in [9.17, 15) is 10.2 Å². The van der Waals surface area contributed by atoms with Crippen LogP contribution in [-0.2, 0) is 0 Å². The Hall–Kier alpha value is -0.0800. The van der Waals surface area contributed by atoms with Gasteiger partial charge in [-0.25, -0.2) is 0 Å². The minimum atomic E-state index is -0.126. The lowest BCUT2D eigenvalue weighted by atomic mass is 9.68. The van der Waals surface area contributed by atoms with Gasteiger partial charge < -0.3 is 10.2 Å². The summed E-state index contributed by atoms with van der Waals surface area (Å²) in [5, 5.41) is 19.4. The summed E-state index contributed by atoms with van der Waals surface area (Å²) in [4.78, 5) is 0. The zero-order chi connectivity index (χ0) is 8.55. The van der Waals surface area contributed by atoms with Crippen LogP contribution in [0.4, 0.5) is 0 Å². The van der Waals surface area contributed by atoms with E-state index in [0.29, 0.717) is 11.8 Å². The number of hydrogen-bond donors (Lipinski definition) is 2. The molecule has 0 radical (unpaired) electrons. The van der Waals surface area contributed by atoms with Crippen molar-refractivity contribution in [2.24, 2.45) is 11.8 Å². The molecule has 2 saturated carbocycles. The first kappa shape index (κ1) is 8.52. The Morgan fingerprint density at radius 1 is 0.667 bits per heavy atom. The van der Waals surface area contributed by atoms with E-state index < -0.39 is 0 Å². The second-order valence-electron chi connectivity index (χ2n) is 4.32. The van der Waals surface area contributed by atoms with Gasteiger partial charge in [0.1, 0.15) is 0 Å². The highest BCUT2D eigenvalue weighted by molar-refractivity contribution is 4.89. The largest absolute Gasteiger partial charge is 0.393 e. The smallest absolute Gasteiger partial charge is 0.0573 e. The molecule has 0 aromatic rings. The van der Waals surface area contributed by atoms with Gasteiger partial charge in [-0.05, 0) is 37.5 Å². The molecule has 0 amide bonds. The van der Waals surface area contributed by atoms with E-state index in [1.807, 2.05) is 0 Å². The fourth-order valence-corrected chi connectivity index (χ4v) is 2.91. The minimum absolute atomic E-state index is 0.126. The van der Waals surface area contributed by atoms with Crippen molar-refractivity contribution in [2.75, 3.05) is 0 Å². The molecule has 2 aliphatic carbocycles. The van der Waals surface area contributed by atoms with Gasteiger partial charge in [-0.2, -0.15) is 0 Å². The highest BCUT2D eigenvalue weighted by Crippen LogP contribution is 2.40.